The second kappa shape index (κ2) is 6.41. The van der Waals surface area contributed by atoms with Crippen LogP contribution in [0.5, 0.6) is 0 Å². The Hall–Kier alpha value is -0.343. The average Bonchev–Trinajstić information content (AvgIpc) is 2.27. The summed E-state index contributed by atoms with van der Waals surface area (Å²) in [5.41, 5.74) is 1.43. The average molecular weight is 297 g/mol. The van der Waals surface area contributed by atoms with Crippen molar-refractivity contribution in [2.75, 3.05) is 0 Å². The van der Waals surface area contributed by atoms with E-state index in [1.807, 2.05) is 0 Å². The Bertz CT molecular complexity index is 334. The molecule has 1 aromatic rings. The van der Waals surface area contributed by atoms with Crippen molar-refractivity contribution in [1.82, 2.24) is 0 Å². The fraction of sp³-hybridized carbons (Fsp3) is 0.429. The second-order valence-electron chi connectivity index (χ2n) is 4.73. The summed E-state index contributed by atoms with van der Waals surface area (Å²) < 4.78 is 1.18. The molecular formula is C14H21BrSi. The molecule has 2 heteroatoms. The van der Waals surface area contributed by atoms with Crippen LogP contribution in [0.2, 0.25) is 5.04 Å². The molecule has 0 amide bonds. The lowest BCUT2D eigenvalue weighted by molar-refractivity contribution is 0.569. The van der Waals surface area contributed by atoms with Gasteiger partial charge in [0.15, 0.2) is 0 Å². The van der Waals surface area contributed by atoms with Crippen molar-refractivity contribution >= 4 is 26.2 Å². The Labute approximate surface area is 111 Å². The summed E-state index contributed by atoms with van der Waals surface area (Å²) in [6.07, 6.45) is 4.94. The highest BCUT2D eigenvalue weighted by atomic mass is 79.9. The van der Waals surface area contributed by atoms with Gasteiger partial charge in [-0.2, -0.15) is 0 Å². The van der Waals surface area contributed by atoms with Crippen LogP contribution in [0.1, 0.15) is 31.7 Å². The van der Waals surface area contributed by atoms with Gasteiger partial charge in [0.25, 0.3) is 0 Å². The zero-order chi connectivity index (χ0) is 12.0. The highest BCUT2D eigenvalue weighted by Gasteiger charge is 2.25. The highest BCUT2D eigenvalue weighted by Crippen LogP contribution is 2.43. The topological polar surface area (TPSA) is 0 Å². The van der Waals surface area contributed by atoms with Crippen LogP contribution in [0.3, 0.4) is 0 Å². The summed E-state index contributed by atoms with van der Waals surface area (Å²) >= 11 is 3.62. The molecule has 0 aliphatic heterocycles. The largest absolute Gasteiger partial charge is 0.0886 e. The van der Waals surface area contributed by atoms with E-state index in [1.54, 1.807) is 0 Å². The Morgan fingerprint density at radius 1 is 1.38 bits per heavy atom. The summed E-state index contributed by atoms with van der Waals surface area (Å²) in [6.45, 7) is 6.38. The summed E-state index contributed by atoms with van der Waals surface area (Å²) in [5.74, 6) is 0. The Morgan fingerprint density at radius 3 is 2.50 bits per heavy atom. The quantitative estimate of drug-likeness (QED) is 0.700. The van der Waals surface area contributed by atoms with E-state index in [0.29, 0.717) is 5.04 Å². The molecular weight excluding hydrogens is 276 g/mol. The van der Waals surface area contributed by atoms with Crippen LogP contribution >= 0.6 is 15.9 Å². The van der Waals surface area contributed by atoms with Crippen molar-refractivity contribution < 1.29 is 0 Å². The highest BCUT2D eigenvalue weighted by molar-refractivity contribution is 9.11. The Balaban J connectivity index is 2.75. The Morgan fingerprint density at radius 2 is 2.00 bits per heavy atom. The van der Waals surface area contributed by atoms with E-state index in [9.17, 15) is 0 Å². The van der Waals surface area contributed by atoms with Gasteiger partial charge in [0, 0.05) is 10.2 Å². The molecule has 0 N–H and O–H groups in total. The molecule has 0 nitrogen and oxygen atoms in total. The minimum absolute atomic E-state index is 0.317. The maximum Gasteiger partial charge on any atom is 0.0173 e. The molecule has 0 fully saturated rings. The number of hydrogen-bond donors (Lipinski definition) is 0. The van der Waals surface area contributed by atoms with Crippen molar-refractivity contribution in [3.63, 3.8) is 0 Å². The number of halogens is 1. The van der Waals surface area contributed by atoms with Crippen molar-refractivity contribution in [2.24, 2.45) is 0 Å². The molecule has 1 unspecified atom stereocenters. The van der Waals surface area contributed by atoms with Crippen LogP contribution in [-0.2, 0) is 6.42 Å². The Kier molecular flexibility index (Phi) is 5.49. The second-order valence-corrected chi connectivity index (χ2v) is 7.60. The first-order valence-corrected chi connectivity index (χ1v) is 7.76. The van der Waals surface area contributed by atoms with Crippen LogP contribution in [0.25, 0.3) is 0 Å². The lowest BCUT2D eigenvalue weighted by atomic mass is 9.93. The molecule has 0 saturated heterocycles. The van der Waals surface area contributed by atoms with Gasteiger partial charge in [-0.3, -0.25) is 0 Å². The molecule has 1 aromatic carbocycles. The lowest BCUT2D eigenvalue weighted by Gasteiger charge is -2.29. The van der Waals surface area contributed by atoms with Gasteiger partial charge in [-0.05, 0) is 27.9 Å². The van der Waals surface area contributed by atoms with Crippen LogP contribution in [-0.4, -0.2) is 10.2 Å². The maximum atomic E-state index is 4.13. The third kappa shape index (κ3) is 3.91. The van der Waals surface area contributed by atoms with Crippen LogP contribution in [0.4, 0.5) is 0 Å². The molecule has 0 aliphatic carbocycles. The smallest absolute Gasteiger partial charge is 0.0173 e. The van der Waals surface area contributed by atoms with Crippen molar-refractivity contribution in [2.45, 2.75) is 37.6 Å². The monoisotopic (exact) mass is 296 g/mol. The number of rotatable bonds is 6. The molecule has 1 atom stereocenters. The zero-order valence-electron chi connectivity index (χ0n) is 10.3. The molecule has 0 bridgehead atoms. The van der Waals surface area contributed by atoms with E-state index < -0.39 is 0 Å². The molecule has 0 aromatic heterocycles. The fourth-order valence-electron chi connectivity index (χ4n) is 1.93. The summed E-state index contributed by atoms with van der Waals surface area (Å²) in [4.78, 5) is 0. The molecule has 0 spiro atoms. The van der Waals surface area contributed by atoms with Gasteiger partial charge in [0.2, 0.25) is 0 Å². The SMILES string of the molecule is C=C(Br)C([SiH3])(CCCC)Cc1ccccc1. The van der Waals surface area contributed by atoms with Gasteiger partial charge in [-0.15, -0.1) is 0 Å². The van der Waals surface area contributed by atoms with Gasteiger partial charge >= 0.3 is 0 Å². The third-order valence-corrected chi connectivity index (χ3v) is 6.32. The van der Waals surface area contributed by atoms with E-state index in [1.165, 1.54) is 29.3 Å². The molecule has 0 heterocycles. The predicted octanol–water partition coefficient (Wildman–Crippen LogP) is 3.85. The predicted molar refractivity (Wildman–Crippen MR) is 80.4 cm³/mol. The summed E-state index contributed by atoms with van der Waals surface area (Å²) in [6, 6.07) is 10.7. The summed E-state index contributed by atoms with van der Waals surface area (Å²) in [7, 11) is 1.16. The molecule has 16 heavy (non-hydrogen) atoms. The molecule has 88 valence electrons. The molecule has 1 rings (SSSR count). The first-order valence-electron chi connectivity index (χ1n) is 5.97. The van der Waals surface area contributed by atoms with Gasteiger partial charge < -0.3 is 0 Å². The van der Waals surface area contributed by atoms with Crippen molar-refractivity contribution in [3.05, 3.63) is 47.0 Å². The van der Waals surface area contributed by atoms with Gasteiger partial charge in [0.05, 0.1) is 0 Å². The van der Waals surface area contributed by atoms with E-state index in [4.69, 9.17) is 0 Å². The van der Waals surface area contributed by atoms with Gasteiger partial charge in [-0.1, -0.05) is 72.6 Å². The standard InChI is InChI=1S/C14H21BrSi/c1-3-4-10-14(16,12(2)15)11-13-8-6-5-7-9-13/h5-9H,2-4,10-11H2,1,16H3. The van der Waals surface area contributed by atoms with Gasteiger partial charge in [0.1, 0.15) is 0 Å². The van der Waals surface area contributed by atoms with Gasteiger partial charge in [-0.25, -0.2) is 0 Å². The molecule has 0 aliphatic rings. The first kappa shape index (κ1) is 13.7. The zero-order valence-corrected chi connectivity index (χ0v) is 13.9. The van der Waals surface area contributed by atoms with Crippen molar-refractivity contribution in [1.29, 1.82) is 0 Å². The number of allylic oxidation sites excluding steroid dienone is 1. The number of benzene rings is 1. The van der Waals surface area contributed by atoms with E-state index in [-0.39, 0.29) is 0 Å². The minimum Gasteiger partial charge on any atom is -0.0886 e. The third-order valence-electron chi connectivity index (χ3n) is 3.17. The normalized spacial score (nSPS) is 14.6. The number of hydrogen-bond acceptors (Lipinski definition) is 0. The number of unbranched alkanes of at least 4 members (excludes halogenated alkanes) is 1. The first-order chi connectivity index (χ1) is 7.58. The molecule has 0 saturated carbocycles. The van der Waals surface area contributed by atoms with Crippen molar-refractivity contribution in [3.8, 4) is 0 Å². The van der Waals surface area contributed by atoms with E-state index in [0.717, 1.165) is 16.7 Å². The van der Waals surface area contributed by atoms with E-state index in [2.05, 4.69) is 59.8 Å². The lowest BCUT2D eigenvalue weighted by Crippen LogP contribution is -2.16. The van der Waals surface area contributed by atoms with Crippen LogP contribution in [0.15, 0.2) is 41.4 Å². The maximum absolute atomic E-state index is 4.13. The molecule has 0 radical (unpaired) electrons. The fourth-order valence-corrected chi connectivity index (χ4v) is 3.03. The summed E-state index contributed by atoms with van der Waals surface area (Å²) in [5, 5.41) is 0.317. The minimum atomic E-state index is 0.317. The van der Waals surface area contributed by atoms with E-state index >= 15 is 0 Å². The van der Waals surface area contributed by atoms with Crippen LogP contribution in [0, 0.1) is 0 Å². The van der Waals surface area contributed by atoms with Crippen LogP contribution < -0.4 is 0 Å².